The molecule has 0 aliphatic rings. The van der Waals surface area contributed by atoms with Gasteiger partial charge >= 0.3 is 5.97 Å². The zero-order valence-corrected chi connectivity index (χ0v) is 11.1. The normalized spacial score (nSPS) is 11.2. The maximum atomic E-state index is 12.0. The van der Waals surface area contributed by atoms with Gasteiger partial charge in [0.05, 0.1) is 0 Å². The Morgan fingerprint density at radius 3 is 2.70 bits per heavy atom. The van der Waals surface area contributed by atoms with E-state index in [-0.39, 0.29) is 17.7 Å². The van der Waals surface area contributed by atoms with E-state index in [4.69, 9.17) is 10.5 Å². The average Bonchev–Trinajstić information content (AvgIpc) is 2.37. The molecule has 0 radical (unpaired) electrons. The van der Waals surface area contributed by atoms with E-state index in [1.54, 1.807) is 12.1 Å². The molecule has 0 aromatic heterocycles. The van der Waals surface area contributed by atoms with E-state index >= 15 is 0 Å². The van der Waals surface area contributed by atoms with Crippen LogP contribution in [0.3, 0.4) is 0 Å². The second-order valence-corrected chi connectivity index (χ2v) is 4.07. The van der Waals surface area contributed by atoms with E-state index < -0.39 is 23.8 Å². The minimum absolute atomic E-state index is 0.241. The maximum Gasteiger partial charge on any atom is 0.308 e. The van der Waals surface area contributed by atoms with Crippen LogP contribution in [0.5, 0.6) is 5.75 Å². The molecule has 0 saturated heterocycles. The van der Waals surface area contributed by atoms with Crippen LogP contribution in [0, 0.1) is 0 Å². The predicted molar refractivity (Wildman–Crippen MR) is 73.0 cm³/mol. The highest BCUT2D eigenvalue weighted by Gasteiger charge is 2.17. The number of nitrogens with two attached hydrogens (primary N) is 1. The summed E-state index contributed by atoms with van der Waals surface area (Å²) < 4.78 is 4.88. The summed E-state index contributed by atoms with van der Waals surface area (Å²) in [6.07, 6.45) is 1.73. The second kappa shape index (κ2) is 7.08. The largest absolute Gasteiger partial charge is 0.427 e. The molecule has 0 fully saturated rings. The smallest absolute Gasteiger partial charge is 0.308 e. The van der Waals surface area contributed by atoms with Crippen LogP contribution in [0.2, 0.25) is 0 Å². The zero-order chi connectivity index (χ0) is 15.1. The first-order valence-electron chi connectivity index (χ1n) is 5.93. The molecule has 3 N–H and O–H groups in total. The fourth-order valence-electron chi connectivity index (χ4n) is 1.52. The van der Waals surface area contributed by atoms with Crippen LogP contribution in [0.1, 0.15) is 23.7 Å². The minimum atomic E-state index is -0.822. The predicted octanol–water partition coefficient (Wildman–Crippen LogP) is 0.772. The third kappa shape index (κ3) is 4.56. The molecule has 1 atom stereocenters. The lowest BCUT2D eigenvalue weighted by Gasteiger charge is -2.13. The van der Waals surface area contributed by atoms with Crippen LogP contribution >= 0.6 is 0 Å². The van der Waals surface area contributed by atoms with Gasteiger partial charge in [-0.2, -0.15) is 0 Å². The molecule has 2 amide bonds. The maximum absolute atomic E-state index is 12.0. The summed E-state index contributed by atoms with van der Waals surface area (Å²) in [7, 11) is 0. The van der Waals surface area contributed by atoms with Crippen molar-refractivity contribution < 1.29 is 19.1 Å². The van der Waals surface area contributed by atoms with Crippen molar-refractivity contribution in [3.05, 3.63) is 42.5 Å². The van der Waals surface area contributed by atoms with Gasteiger partial charge < -0.3 is 15.8 Å². The Morgan fingerprint density at radius 2 is 2.15 bits per heavy atom. The van der Waals surface area contributed by atoms with Crippen molar-refractivity contribution in [1.82, 2.24) is 5.32 Å². The second-order valence-electron chi connectivity index (χ2n) is 4.07. The van der Waals surface area contributed by atoms with E-state index in [1.807, 2.05) is 0 Å². The van der Waals surface area contributed by atoms with Gasteiger partial charge in [-0.3, -0.25) is 14.4 Å². The first-order chi connectivity index (χ1) is 9.43. The van der Waals surface area contributed by atoms with Crippen molar-refractivity contribution >= 4 is 17.8 Å². The van der Waals surface area contributed by atoms with Crippen LogP contribution in [-0.4, -0.2) is 23.8 Å². The number of carbonyl (C=O) groups excluding carboxylic acids is 3. The highest BCUT2D eigenvalue weighted by molar-refractivity contribution is 5.97. The Kier molecular flexibility index (Phi) is 5.46. The summed E-state index contributed by atoms with van der Waals surface area (Å²) in [6.45, 7) is 4.76. The Bertz CT molecular complexity index is 540. The molecule has 0 heterocycles. The first-order valence-corrected chi connectivity index (χ1v) is 5.93. The summed E-state index contributed by atoms with van der Waals surface area (Å²) in [5.74, 6) is -1.35. The number of primary amides is 1. The Balaban J connectivity index is 2.83. The van der Waals surface area contributed by atoms with Crippen LogP contribution < -0.4 is 15.8 Å². The van der Waals surface area contributed by atoms with Crippen molar-refractivity contribution in [3.63, 3.8) is 0 Å². The average molecular weight is 276 g/mol. The van der Waals surface area contributed by atoms with Gasteiger partial charge in [0.15, 0.2) is 0 Å². The molecule has 0 saturated carbocycles. The molecule has 0 bridgehead atoms. The van der Waals surface area contributed by atoms with E-state index in [0.717, 1.165) is 0 Å². The number of hydrogen-bond donors (Lipinski definition) is 2. The monoisotopic (exact) mass is 276 g/mol. The molecular weight excluding hydrogens is 260 g/mol. The van der Waals surface area contributed by atoms with Gasteiger partial charge in [-0.15, -0.1) is 6.58 Å². The van der Waals surface area contributed by atoms with Gasteiger partial charge in [0.1, 0.15) is 11.8 Å². The molecule has 0 unspecified atom stereocenters. The van der Waals surface area contributed by atoms with Gasteiger partial charge in [0, 0.05) is 12.5 Å². The third-order valence-corrected chi connectivity index (χ3v) is 2.41. The molecule has 0 aliphatic carbocycles. The summed E-state index contributed by atoms with van der Waals surface area (Å²) in [6, 6.07) is 5.24. The summed E-state index contributed by atoms with van der Waals surface area (Å²) in [5, 5.41) is 2.49. The highest BCUT2D eigenvalue weighted by Crippen LogP contribution is 2.13. The number of rotatable bonds is 6. The van der Waals surface area contributed by atoms with Crippen LogP contribution in [0.4, 0.5) is 0 Å². The summed E-state index contributed by atoms with van der Waals surface area (Å²) in [5.41, 5.74) is 5.44. The number of carbonyl (C=O) groups is 3. The fourth-order valence-corrected chi connectivity index (χ4v) is 1.52. The van der Waals surface area contributed by atoms with E-state index in [1.165, 1.54) is 25.1 Å². The molecule has 6 nitrogen and oxygen atoms in total. The molecule has 0 aliphatic heterocycles. The molecule has 1 aromatic rings. The lowest BCUT2D eigenvalue weighted by atomic mass is 10.1. The number of ether oxygens (including phenoxy) is 1. The SMILES string of the molecule is C=CC[C@@H](NC(=O)c1cccc(OC(C)=O)c1)C(N)=O. The molecule has 20 heavy (non-hydrogen) atoms. The summed E-state index contributed by atoms with van der Waals surface area (Å²) in [4.78, 5) is 34.0. The van der Waals surface area contributed by atoms with Crippen LogP contribution in [-0.2, 0) is 9.59 Å². The van der Waals surface area contributed by atoms with Gasteiger partial charge in [-0.1, -0.05) is 12.1 Å². The summed E-state index contributed by atoms with van der Waals surface area (Å²) >= 11 is 0. The third-order valence-electron chi connectivity index (χ3n) is 2.41. The van der Waals surface area contributed by atoms with Crippen molar-refractivity contribution in [2.24, 2.45) is 5.73 Å². The van der Waals surface area contributed by atoms with Crippen molar-refractivity contribution in [2.45, 2.75) is 19.4 Å². The van der Waals surface area contributed by atoms with E-state index in [2.05, 4.69) is 11.9 Å². The lowest BCUT2D eigenvalue weighted by molar-refractivity contribution is -0.131. The van der Waals surface area contributed by atoms with Crippen molar-refractivity contribution in [1.29, 1.82) is 0 Å². The standard InChI is InChI=1S/C14H16N2O4/c1-3-5-12(13(15)18)16-14(19)10-6-4-7-11(8-10)20-9(2)17/h3-4,6-8,12H,1,5H2,2H3,(H2,15,18)(H,16,19)/t12-/m1/s1. The van der Waals surface area contributed by atoms with Crippen molar-refractivity contribution in [3.8, 4) is 5.75 Å². The molecule has 1 aromatic carbocycles. The van der Waals surface area contributed by atoms with Gasteiger partial charge in [-0.05, 0) is 24.6 Å². The lowest BCUT2D eigenvalue weighted by Crippen LogP contribution is -2.44. The highest BCUT2D eigenvalue weighted by atomic mass is 16.5. The van der Waals surface area contributed by atoms with Gasteiger partial charge in [0.2, 0.25) is 5.91 Å². The van der Waals surface area contributed by atoms with Crippen LogP contribution in [0.15, 0.2) is 36.9 Å². The fraction of sp³-hybridized carbons (Fsp3) is 0.214. The van der Waals surface area contributed by atoms with Gasteiger partial charge in [0.25, 0.3) is 5.91 Å². The number of benzene rings is 1. The molecule has 0 spiro atoms. The Morgan fingerprint density at radius 1 is 1.45 bits per heavy atom. The Labute approximate surface area is 116 Å². The number of esters is 1. The van der Waals surface area contributed by atoms with Gasteiger partial charge in [-0.25, -0.2) is 0 Å². The molecule has 6 heteroatoms. The number of nitrogens with one attached hydrogen (secondary N) is 1. The topological polar surface area (TPSA) is 98.5 Å². The van der Waals surface area contributed by atoms with E-state index in [0.29, 0.717) is 0 Å². The zero-order valence-electron chi connectivity index (χ0n) is 11.1. The minimum Gasteiger partial charge on any atom is -0.427 e. The molecule has 1 rings (SSSR count). The first kappa shape index (κ1) is 15.4. The molecular formula is C14H16N2O4. The number of hydrogen-bond acceptors (Lipinski definition) is 4. The number of amides is 2. The molecule has 106 valence electrons. The quantitative estimate of drug-likeness (QED) is 0.455. The van der Waals surface area contributed by atoms with Crippen LogP contribution in [0.25, 0.3) is 0 Å². The Hall–Kier alpha value is -2.63. The van der Waals surface area contributed by atoms with E-state index in [9.17, 15) is 14.4 Å². The van der Waals surface area contributed by atoms with Crippen molar-refractivity contribution in [2.75, 3.05) is 0 Å².